The highest BCUT2D eigenvalue weighted by Crippen LogP contribution is 2.29. The maximum atomic E-state index is 12.3. The minimum Gasteiger partial charge on any atom is -0.322 e. The minimum atomic E-state index is -0.0781. The van der Waals surface area contributed by atoms with E-state index >= 15 is 0 Å². The predicted octanol–water partition coefficient (Wildman–Crippen LogP) is 5.00. The van der Waals surface area contributed by atoms with Gasteiger partial charge in [0.1, 0.15) is 0 Å². The third kappa shape index (κ3) is 3.57. The van der Waals surface area contributed by atoms with Gasteiger partial charge in [-0.15, -0.1) is 0 Å². The van der Waals surface area contributed by atoms with Gasteiger partial charge in [-0.2, -0.15) is 0 Å². The Bertz CT molecular complexity index is 598. The van der Waals surface area contributed by atoms with Crippen LogP contribution in [0, 0.1) is 3.57 Å². The third-order valence-corrected chi connectivity index (χ3v) is 4.19. The number of rotatable bonds is 3. The molecular weight excluding hydrogens is 417 g/mol. The molecule has 0 aliphatic heterocycles. The Hall–Kier alpha value is -0.880. The van der Waals surface area contributed by atoms with Crippen molar-refractivity contribution in [1.82, 2.24) is 0 Å². The number of carbonyl (C=O) groups is 1. The van der Waals surface area contributed by atoms with Crippen molar-refractivity contribution in [3.8, 4) is 0 Å². The van der Waals surface area contributed by atoms with E-state index in [1.807, 2.05) is 55.5 Å². The third-order valence-electron chi connectivity index (χ3n) is 2.76. The number of alkyl halides is 1. The Morgan fingerprint density at radius 1 is 1.16 bits per heavy atom. The minimum absolute atomic E-state index is 0.0781. The molecule has 2 aromatic rings. The molecule has 0 spiro atoms. The molecule has 0 aliphatic carbocycles. The number of amides is 1. The topological polar surface area (TPSA) is 29.1 Å². The number of anilines is 1. The Morgan fingerprint density at radius 3 is 2.47 bits per heavy atom. The first-order valence-electron chi connectivity index (χ1n) is 5.88. The largest absolute Gasteiger partial charge is 0.322 e. The van der Waals surface area contributed by atoms with E-state index in [4.69, 9.17) is 0 Å². The van der Waals surface area contributed by atoms with Crippen molar-refractivity contribution in [3.05, 3.63) is 63.2 Å². The molecule has 0 fully saturated rings. The summed E-state index contributed by atoms with van der Waals surface area (Å²) in [6.45, 7) is 2.04. The molecule has 0 saturated carbocycles. The molecular formula is C15H13BrINO. The number of benzene rings is 2. The number of hydrogen-bond acceptors (Lipinski definition) is 1. The number of carbonyl (C=O) groups excluding carboxylic acids is 1. The van der Waals surface area contributed by atoms with Gasteiger partial charge in [0.25, 0.3) is 5.91 Å². The van der Waals surface area contributed by atoms with Gasteiger partial charge >= 0.3 is 0 Å². The molecule has 1 atom stereocenters. The lowest BCUT2D eigenvalue weighted by Crippen LogP contribution is -2.14. The molecule has 0 saturated heterocycles. The maximum absolute atomic E-state index is 12.3. The highest BCUT2D eigenvalue weighted by atomic mass is 127. The van der Waals surface area contributed by atoms with Crippen LogP contribution < -0.4 is 5.32 Å². The molecule has 1 unspecified atom stereocenters. The van der Waals surface area contributed by atoms with Crippen LogP contribution in [0.15, 0.2) is 48.5 Å². The highest BCUT2D eigenvalue weighted by Gasteiger charge is 2.13. The lowest BCUT2D eigenvalue weighted by atomic mass is 10.1. The van der Waals surface area contributed by atoms with Gasteiger partial charge in [-0.05, 0) is 53.3 Å². The van der Waals surface area contributed by atoms with Crippen molar-refractivity contribution in [3.63, 3.8) is 0 Å². The molecule has 2 nitrogen and oxygen atoms in total. The monoisotopic (exact) mass is 429 g/mol. The molecule has 2 rings (SSSR count). The second-order valence-electron chi connectivity index (χ2n) is 4.14. The second kappa shape index (κ2) is 6.52. The van der Waals surface area contributed by atoms with Gasteiger partial charge in [0.15, 0.2) is 0 Å². The van der Waals surface area contributed by atoms with Crippen molar-refractivity contribution in [2.75, 3.05) is 5.32 Å². The van der Waals surface area contributed by atoms with Crippen LogP contribution in [0.4, 0.5) is 5.69 Å². The van der Waals surface area contributed by atoms with Gasteiger partial charge < -0.3 is 5.32 Å². The summed E-state index contributed by atoms with van der Waals surface area (Å²) in [5.74, 6) is -0.0781. The van der Waals surface area contributed by atoms with Crippen LogP contribution in [0.3, 0.4) is 0 Å². The molecule has 98 valence electrons. The van der Waals surface area contributed by atoms with E-state index < -0.39 is 0 Å². The predicted molar refractivity (Wildman–Crippen MR) is 90.9 cm³/mol. The van der Waals surface area contributed by atoms with Gasteiger partial charge in [0.05, 0.1) is 5.56 Å². The molecule has 0 radical (unpaired) electrons. The molecule has 0 aromatic heterocycles. The summed E-state index contributed by atoms with van der Waals surface area (Å²) in [5, 5.41) is 2.98. The smallest absolute Gasteiger partial charge is 0.256 e. The summed E-state index contributed by atoms with van der Waals surface area (Å²) >= 11 is 5.71. The van der Waals surface area contributed by atoms with E-state index in [9.17, 15) is 4.79 Å². The molecule has 0 heterocycles. The fourth-order valence-corrected chi connectivity index (χ4v) is 2.82. The fraction of sp³-hybridized carbons (Fsp3) is 0.133. The number of nitrogens with one attached hydrogen (secondary N) is 1. The van der Waals surface area contributed by atoms with Gasteiger partial charge in [0, 0.05) is 14.1 Å². The van der Waals surface area contributed by atoms with Crippen LogP contribution in [0.2, 0.25) is 0 Å². The van der Waals surface area contributed by atoms with E-state index in [-0.39, 0.29) is 10.7 Å². The van der Waals surface area contributed by atoms with E-state index in [1.165, 1.54) is 0 Å². The van der Waals surface area contributed by atoms with Gasteiger partial charge in [-0.1, -0.05) is 46.3 Å². The summed E-state index contributed by atoms with van der Waals surface area (Å²) in [7, 11) is 0. The summed E-state index contributed by atoms with van der Waals surface area (Å²) in [6.07, 6.45) is 0. The van der Waals surface area contributed by atoms with Crippen molar-refractivity contribution >= 4 is 50.1 Å². The molecule has 19 heavy (non-hydrogen) atoms. The average molecular weight is 430 g/mol. The van der Waals surface area contributed by atoms with Gasteiger partial charge in [-0.25, -0.2) is 0 Å². The summed E-state index contributed by atoms with van der Waals surface area (Å²) in [5.41, 5.74) is 2.61. The standard InChI is InChI=1S/C15H13BrINO/c1-10(16)11-6-3-5-9-14(11)18-15(19)12-7-2-4-8-13(12)17/h2-10H,1H3,(H,18,19). The quantitative estimate of drug-likeness (QED) is 0.539. The first-order valence-corrected chi connectivity index (χ1v) is 7.88. The zero-order valence-electron chi connectivity index (χ0n) is 10.4. The molecule has 2 aromatic carbocycles. The zero-order valence-corrected chi connectivity index (χ0v) is 14.1. The lowest BCUT2D eigenvalue weighted by molar-refractivity contribution is 0.102. The van der Waals surface area contributed by atoms with Crippen molar-refractivity contribution < 1.29 is 4.79 Å². The van der Waals surface area contributed by atoms with E-state index in [2.05, 4.69) is 43.8 Å². The second-order valence-corrected chi connectivity index (χ2v) is 6.67. The van der Waals surface area contributed by atoms with Crippen molar-refractivity contribution in [2.45, 2.75) is 11.8 Å². The Balaban J connectivity index is 2.27. The Kier molecular flexibility index (Phi) is 4.99. The lowest BCUT2D eigenvalue weighted by Gasteiger charge is -2.13. The van der Waals surface area contributed by atoms with Crippen LogP contribution in [0.25, 0.3) is 0 Å². The number of halogens is 2. The molecule has 1 amide bonds. The Labute approximate surface area is 134 Å². The SMILES string of the molecule is CC(Br)c1ccccc1NC(=O)c1ccccc1I. The van der Waals surface area contributed by atoms with E-state index in [0.29, 0.717) is 5.56 Å². The first kappa shape index (κ1) is 14.5. The van der Waals surface area contributed by atoms with Crippen LogP contribution in [0.1, 0.15) is 27.7 Å². The van der Waals surface area contributed by atoms with Crippen molar-refractivity contribution in [2.24, 2.45) is 0 Å². The van der Waals surface area contributed by atoms with Gasteiger partial charge in [0.2, 0.25) is 0 Å². The fourth-order valence-electron chi connectivity index (χ4n) is 1.79. The van der Waals surface area contributed by atoms with Crippen molar-refractivity contribution in [1.29, 1.82) is 0 Å². The van der Waals surface area contributed by atoms with Crippen LogP contribution in [-0.4, -0.2) is 5.91 Å². The maximum Gasteiger partial charge on any atom is 0.256 e. The number of hydrogen-bond donors (Lipinski definition) is 1. The molecule has 0 aliphatic rings. The average Bonchev–Trinajstić information content (AvgIpc) is 2.39. The highest BCUT2D eigenvalue weighted by molar-refractivity contribution is 14.1. The number of para-hydroxylation sites is 1. The summed E-state index contributed by atoms with van der Waals surface area (Å²) < 4.78 is 0.946. The normalized spacial score (nSPS) is 11.9. The molecule has 1 N–H and O–H groups in total. The molecule has 0 bridgehead atoms. The van der Waals surface area contributed by atoms with Crippen LogP contribution >= 0.6 is 38.5 Å². The van der Waals surface area contributed by atoms with Crippen LogP contribution in [0.5, 0.6) is 0 Å². The van der Waals surface area contributed by atoms with E-state index in [1.54, 1.807) is 0 Å². The van der Waals surface area contributed by atoms with Crippen LogP contribution in [-0.2, 0) is 0 Å². The Morgan fingerprint density at radius 2 is 1.79 bits per heavy atom. The zero-order chi connectivity index (χ0) is 13.8. The summed E-state index contributed by atoms with van der Waals surface area (Å²) in [4.78, 5) is 12.5. The summed E-state index contributed by atoms with van der Waals surface area (Å²) in [6, 6.07) is 15.4. The van der Waals surface area contributed by atoms with E-state index in [0.717, 1.165) is 14.8 Å². The van der Waals surface area contributed by atoms with Gasteiger partial charge in [-0.3, -0.25) is 4.79 Å². The first-order chi connectivity index (χ1) is 9.09. The molecule has 4 heteroatoms.